The summed E-state index contributed by atoms with van der Waals surface area (Å²) in [5, 5.41) is 6.40. The molecule has 0 saturated heterocycles. The molecule has 1 aromatic carbocycles. The fourth-order valence-electron chi connectivity index (χ4n) is 3.25. The second-order valence-electron chi connectivity index (χ2n) is 6.86. The Bertz CT molecular complexity index is 579. The number of nitrogens with one attached hydrogen (secondary N) is 2. The highest BCUT2D eigenvalue weighted by Crippen LogP contribution is 2.17. The molecule has 0 radical (unpaired) electrons. The Hall–Kier alpha value is -2.04. The fraction of sp³-hybridized carbons (Fsp3) is 0.600. The van der Waals surface area contributed by atoms with Gasteiger partial charge in [-0.3, -0.25) is 4.79 Å². The molecule has 1 aliphatic carbocycles. The van der Waals surface area contributed by atoms with Crippen LogP contribution in [-0.2, 0) is 11.3 Å². The second kappa shape index (κ2) is 10.1. The molecule has 1 aromatic rings. The normalized spacial score (nSPS) is 15.7. The molecule has 5 nitrogen and oxygen atoms in total. The van der Waals surface area contributed by atoms with Crippen molar-refractivity contribution in [1.29, 1.82) is 0 Å². The van der Waals surface area contributed by atoms with Crippen LogP contribution in [0.5, 0.6) is 0 Å². The first-order valence-electron chi connectivity index (χ1n) is 9.43. The third-order valence-electron chi connectivity index (χ3n) is 4.71. The first-order chi connectivity index (χ1) is 12.1. The molecule has 1 aliphatic rings. The highest BCUT2D eigenvalue weighted by molar-refractivity contribution is 5.85. The highest BCUT2D eigenvalue weighted by atomic mass is 16.1. The maximum Gasteiger partial charge on any atom is 0.242 e. The summed E-state index contributed by atoms with van der Waals surface area (Å²) in [5.41, 5.74) is 2.53. The maximum absolute atomic E-state index is 12.2. The number of nitrogens with zero attached hydrogens (tertiary/aromatic N) is 2. The van der Waals surface area contributed by atoms with Gasteiger partial charge in [0, 0.05) is 26.2 Å². The van der Waals surface area contributed by atoms with Gasteiger partial charge in [0.05, 0.1) is 0 Å². The van der Waals surface area contributed by atoms with Crippen LogP contribution < -0.4 is 10.6 Å². The molecule has 2 rings (SSSR count). The Morgan fingerprint density at radius 2 is 1.96 bits per heavy atom. The van der Waals surface area contributed by atoms with E-state index in [2.05, 4.69) is 45.6 Å². The van der Waals surface area contributed by atoms with E-state index in [1.807, 2.05) is 20.0 Å². The molecule has 1 amide bonds. The number of guanidine groups is 1. The van der Waals surface area contributed by atoms with E-state index in [1.54, 1.807) is 0 Å². The van der Waals surface area contributed by atoms with E-state index in [9.17, 15) is 4.79 Å². The average molecular weight is 345 g/mol. The molecule has 5 heteroatoms. The molecule has 2 N–H and O–H groups in total. The monoisotopic (exact) mass is 344 g/mol. The van der Waals surface area contributed by atoms with Gasteiger partial charge in [-0.05, 0) is 37.8 Å². The number of amides is 1. The van der Waals surface area contributed by atoms with Crippen molar-refractivity contribution >= 4 is 11.9 Å². The number of carbonyl (C=O) groups excluding carboxylic acids is 1. The predicted octanol–water partition coefficient (Wildman–Crippen LogP) is 2.84. The fourth-order valence-corrected chi connectivity index (χ4v) is 3.25. The Labute approximate surface area is 151 Å². The zero-order chi connectivity index (χ0) is 18.1. The summed E-state index contributed by atoms with van der Waals surface area (Å²) in [6.07, 6.45) is 5.93. The van der Waals surface area contributed by atoms with Crippen LogP contribution in [0.4, 0.5) is 0 Å². The Balaban J connectivity index is 1.92. The van der Waals surface area contributed by atoms with Crippen molar-refractivity contribution in [3.05, 3.63) is 35.4 Å². The van der Waals surface area contributed by atoms with Crippen LogP contribution in [-0.4, -0.2) is 42.9 Å². The topological polar surface area (TPSA) is 56.7 Å². The van der Waals surface area contributed by atoms with Crippen molar-refractivity contribution in [3.63, 3.8) is 0 Å². The third kappa shape index (κ3) is 6.40. The van der Waals surface area contributed by atoms with Gasteiger partial charge in [-0.2, -0.15) is 0 Å². The minimum Gasteiger partial charge on any atom is -0.357 e. The minimum absolute atomic E-state index is 0.0200. The molecular formula is C20H32N4O. The van der Waals surface area contributed by atoms with E-state index in [4.69, 9.17) is 0 Å². The molecule has 0 unspecified atom stereocenters. The first kappa shape index (κ1) is 19.3. The van der Waals surface area contributed by atoms with Crippen LogP contribution in [0.25, 0.3) is 0 Å². The average Bonchev–Trinajstić information content (AvgIpc) is 2.61. The van der Waals surface area contributed by atoms with Gasteiger partial charge in [0.1, 0.15) is 6.54 Å². The molecule has 1 saturated carbocycles. The van der Waals surface area contributed by atoms with Gasteiger partial charge in [0.2, 0.25) is 5.91 Å². The zero-order valence-electron chi connectivity index (χ0n) is 15.8. The van der Waals surface area contributed by atoms with E-state index >= 15 is 0 Å². The number of hydrogen-bond acceptors (Lipinski definition) is 2. The van der Waals surface area contributed by atoms with Crippen LogP contribution in [0, 0.1) is 6.92 Å². The van der Waals surface area contributed by atoms with Crippen LogP contribution >= 0.6 is 0 Å². The SMILES string of the molecule is CCNC(=NCC(=O)NC1CCCCC1)N(C)Cc1ccccc1C. The summed E-state index contributed by atoms with van der Waals surface area (Å²) in [7, 11) is 2.01. The number of hydrogen-bond donors (Lipinski definition) is 2. The molecule has 0 heterocycles. The standard InChI is InChI=1S/C20H32N4O/c1-4-21-20(24(3)15-17-11-9-8-10-16(17)2)22-14-19(25)23-18-12-6-5-7-13-18/h8-11,18H,4-7,12-15H2,1-3H3,(H,21,22)(H,23,25). The van der Waals surface area contributed by atoms with E-state index in [-0.39, 0.29) is 12.5 Å². The van der Waals surface area contributed by atoms with E-state index in [0.29, 0.717) is 6.04 Å². The summed E-state index contributed by atoms with van der Waals surface area (Å²) in [6.45, 7) is 5.88. The molecule has 0 atom stereocenters. The molecule has 0 aliphatic heterocycles. The van der Waals surface area contributed by atoms with Gasteiger partial charge in [-0.25, -0.2) is 4.99 Å². The van der Waals surface area contributed by atoms with Crippen molar-refractivity contribution in [2.45, 2.75) is 58.5 Å². The lowest BCUT2D eigenvalue weighted by Gasteiger charge is -2.24. The van der Waals surface area contributed by atoms with Gasteiger partial charge in [0.25, 0.3) is 0 Å². The van der Waals surface area contributed by atoms with E-state index in [1.165, 1.54) is 30.4 Å². The van der Waals surface area contributed by atoms with Gasteiger partial charge in [-0.15, -0.1) is 0 Å². The predicted molar refractivity (Wildman–Crippen MR) is 104 cm³/mol. The molecule has 0 bridgehead atoms. The van der Waals surface area contributed by atoms with E-state index < -0.39 is 0 Å². The zero-order valence-corrected chi connectivity index (χ0v) is 15.8. The van der Waals surface area contributed by atoms with Crippen molar-refractivity contribution in [2.24, 2.45) is 4.99 Å². The lowest BCUT2D eigenvalue weighted by Crippen LogP contribution is -2.41. The lowest BCUT2D eigenvalue weighted by molar-refractivity contribution is -0.120. The summed E-state index contributed by atoms with van der Waals surface area (Å²) < 4.78 is 0. The Kier molecular flexibility index (Phi) is 7.76. The smallest absolute Gasteiger partial charge is 0.242 e. The third-order valence-corrected chi connectivity index (χ3v) is 4.71. The number of aryl methyl sites for hydroxylation is 1. The van der Waals surface area contributed by atoms with Gasteiger partial charge in [0.15, 0.2) is 5.96 Å². The Morgan fingerprint density at radius 3 is 2.64 bits per heavy atom. The summed E-state index contributed by atoms with van der Waals surface area (Å²) >= 11 is 0. The second-order valence-corrected chi connectivity index (χ2v) is 6.86. The summed E-state index contributed by atoms with van der Waals surface area (Å²) in [6, 6.07) is 8.69. The van der Waals surface area contributed by atoms with Crippen molar-refractivity contribution in [2.75, 3.05) is 20.1 Å². The van der Waals surface area contributed by atoms with Crippen molar-refractivity contribution < 1.29 is 4.79 Å². The molecule has 138 valence electrons. The number of rotatable bonds is 6. The molecule has 25 heavy (non-hydrogen) atoms. The molecule has 0 aromatic heterocycles. The minimum atomic E-state index is 0.0200. The van der Waals surface area contributed by atoms with Gasteiger partial charge < -0.3 is 15.5 Å². The first-order valence-corrected chi connectivity index (χ1v) is 9.43. The largest absolute Gasteiger partial charge is 0.357 e. The van der Waals surface area contributed by atoms with Crippen molar-refractivity contribution in [1.82, 2.24) is 15.5 Å². The highest BCUT2D eigenvalue weighted by Gasteiger charge is 2.16. The summed E-state index contributed by atoms with van der Waals surface area (Å²) in [5.74, 6) is 0.788. The number of carbonyl (C=O) groups is 1. The molecule has 1 fully saturated rings. The number of aliphatic imine (C=N–C) groups is 1. The summed E-state index contributed by atoms with van der Waals surface area (Å²) in [4.78, 5) is 18.8. The van der Waals surface area contributed by atoms with Crippen molar-refractivity contribution in [3.8, 4) is 0 Å². The molecule has 0 spiro atoms. The van der Waals surface area contributed by atoms with Crippen LogP contribution in [0.15, 0.2) is 29.3 Å². The van der Waals surface area contributed by atoms with E-state index in [0.717, 1.165) is 31.9 Å². The maximum atomic E-state index is 12.2. The quantitative estimate of drug-likeness (QED) is 0.616. The molecular weight excluding hydrogens is 312 g/mol. The Morgan fingerprint density at radius 1 is 1.24 bits per heavy atom. The van der Waals surface area contributed by atoms with Crippen LogP contribution in [0.1, 0.15) is 50.2 Å². The van der Waals surface area contributed by atoms with Crippen LogP contribution in [0.2, 0.25) is 0 Å². The van der Waals surface area contributed by atoms with Gasteiger partial charge >= 0.3 is 0 Å². The van der Waals surface area contributed by atoms with Crippen LogP contribution in [0.3, 0.4) is 0 Å². The lowest BCUT2D eigenvalue weighted by atomic mass is 9.95. The van der Waals surface area contributed by atoms with Gasteiger partial charge in [-0.1, -0.05) is 43.5 Å². The number of benzene rings is 1.